The topological polar surface area (TPSA) is 178 Å². The number of H-pyrrole nitrogens is 2. The third kappa shape index (κ3) is 7.22. The van der Waals surface area contributed by atoms with Gasteiger partial charge in [0.05, 0.1) is 45.6 Å². The Morgan fingerprint density at radius 2 is 1.73 bits per heavy atom. The number of alkyl halides is 3. The molecule has 2 saturated heterocycles. The van der Waals surface area contributed by atoms with E-state index in [1.807, 2.05) is 4.90 Å². The maximum Gasteiger partial charge on any atom is 0.435 e. The molecule has 6 N–H and O–H groups in total. The van der Waals surface area contributed by atoms with Gasteiger partial charge in [0.1, 0.15) is 0 Å². The van der Waals surface area contributed by atoms with Crippen molar-refractivity contribution in [3.8, 4) is 22.5 Å². The number of piperazine rings is 1. The van der Waals surface area contributed by atoms with Crippen LogP contribution in [0.4, 0.5) is 23.2 Å². The summed E-state index contributed by atoms with van der Waals surface area (Å²) in [6.07, 6.45) is -1.31. The SMILES string of the molecule is Nc1cnc(F)cc1-c1[nH]nc(C(F)(F)F)c1-c1cnc(C(=O)NCc2ccc(C(=O)N3CCN(C(=O)C4CCNCC4)CC3)c(Cl)c2)[nH]1. The van der Waals surface area contributed by atoms with E-state index >= 15 is 0 Å². The summed E-state index contributed by atoms with van der Waals surface area (Å²) >= 11 is 6.47. The second-order valence-electron chi connectivity index (χ2n) is 11.7. The van der Waals surface area contributed by atoms with E-state index < -0.39 is 29.3 Å². The van der Waals surface area contributed by atoms with Crippen LogP contribution in [-0.2, 0) is 17.5 Å². The number of piperidine rings is 1. The van der Waals surface area contributed by atoms with E-state index in [9.17, 15) is 31.9 Å². The summed E-state index contributed by atoms with van der Waals surface area (Å²) in [5, 5.41) is 11.7. The number of hydrogen-bond donors (Lipinski definition) is 5. The fraction of sp³-hybridized carbons (Fsp3) is 0.355. The fourth-order valence-corrected chi connectivity index (χ4v) is 6.24. The third-order valence-electron chi connectivity index (χ3n) is 8.55. The number of amides is 3. The van der Waals surface area contributed by atoms with Gasteiger partial charge >= 0.3 is 6.18 Å². The quantitative estimate of drug-likeness (QED) is 0.144. The first-order valence-electron chi connectivity index (χ1n) is 15.4. The van der Waals surface area contributed by atoms with E-state index in [1.165, 1.54) is 6.07 Å². The van der Waals surface area contributed by atoms with Crippen molar-refractivity contribution in [1.29, 1.82) is 0 Å². The van der Waals surface area contributed by atoms with Gasteiger partial charge in [-0.15, -0.1) is 0 Å². The number of carbonyl (C=O) groups is 3. The number of halogens is 5. The van der Waals surface area contributed by atoms with Crippen LogP contribution in [0.15, 0.2) is 36.7 Å². The van der Waals surface area contributed by atoms with Crippen LogP contribution in [0.25, 0.3) is 22.5 Å². The lowest BCUT2D eigenvalue weighted by molar-refractivity contribution is -0.140. The first-order valence-corrected chi connectivity index (χ1v) is 15.8. The van der Waals surface area contributed by atoms with E-state index in [-0.39, 0.29) is 63.3 Å². The average molecular weight is 703 g/mol. The van der Waals surface area contributed by atoms with E-state index in [2.05, 4.69) is 35.8 Å². The minimum absolute atomic E-state index is 0.0111. The lowest BCUT2D eigenvalue weighted by atomic mass is 9.96. The molecule has 6 rings (SSSR count). The number of anilines is 1. The molecule has 0 radical (unpaired) electrons. The molecule has 13 nitrogen and oxygen atoms in total. The molecule has 2 aliphatic rings. The zero-order chi connectivity index (χ0) is 34.9. The summed E-state index contributed by atoms with van der Waals surface area (Å²) < 4.78 is 55.5. The number of nitrogens with two attached hydrogens (primary N) is 1. The number of nitrogens with zero attached hydrogens (tertiary/aromatic N) is 5. The number of nitrogen functional groups attached to an aromatic ring is 1. The highest BCUT2D eigenvalue weighted by Gasteiger charge is 2.40. The third-order valence-corrected chi connectivity index (χ3v) is 8.86. The van der Waals surface area contributed by atoms with Gasteiger partial charge in [-0.05, 0) is 43.6 Å². The molecule has 0 aliphatic carbocycles. The Balaban J connectivity index is 1.10. The van der Waals surface area contributed by atoms with Crippen molar-refractivity contribution in [2.75, 3.05) is 45.0 Å². The number of hydrogen-bond acceptors (Lipinski definition) is 8. The van der Waals surface area contributed by atoms with Crippen LogP contribution in [0, 0.1) is 11.9 Å². The molecule has 0 unspecified atom stereocenters. The molecule has 3 amide bonds. The predicted molar refractivity (Wildman–Crippen MR) is 169 cm³/mol. The maximum absolute atomic E-state index is 13.9. The van der Waals surface area contributed by atoms with E-state index in [0.29, 0.717) is 31.7 Å². The van der Waals surface area contributed by atoms with E-state index in [0.717, 1.165) is 44.4 Å². The van der Waals surface area contributed by atoms with Crippen LogP contribution < -0.4 is 16.4 Å². The van der Waals surface area contributed by atoms with Gasteiger partial charge < -0.3 is 31.2 Å². The van der Waals surface area contributed by atoms with Crippen LogP contribution >= 0.6 is 11.6 Å². The Kier molecular flexibility index (Phi) is 9.56. The number of nitrogens with one attached hydrogen (secondary N) is 4. The van der Waals surface area contributed by atoms with Crippen molar-refractivity contribution in [3.05, 3.63) is 70.3 Å². The number of carbonyl (C=O) groups excluding carboxylic acids is 3. The Morgan fingerprint density at radius 3 is 2.43 bits per heavy atom. The zero-order valence-electron chi connectivity index (χ0n) is 25.8. The number of pyridine rings is 1. The molecule has 0 spiro atoms. The Bertz CT molecular complexity index is 1880. The summed E-state index contributed by atoms with van der Waals surface area (Å²) in [6, 6.07) is 5.57. The van der Waals surface area contributed by atoms with Crippen molar-refractivity contribution in [2.45, 2.75) is 25.6 Å². The highest BCUT2D eigenvalue weighted by atomic mass is 35.5. The highest BCUT2D eigenvalue weighted by molar-refractivity contribution is 6.33. The lowest BCUT2D eigenvalue weighted by Crippen LogP contribution is -2.52. The molecule has 3 aromatic heterocycles. The molecule has 49 heavy (non-hydrogen) atoms. The van der Waals surface area contributed by atoms with Crippen molar-refractivity contribution in [1.82, 2.24) is 45.6 Å². The normalized spacial score (nSPS) is 15.8. The van der Waals surface area contributed by atoms with Gasteiger partial charge in [0.15, 0.2) is 11.5 Å². The number of benzene rings is 1. The predicted octanol–water partition coefficient (Wildman–Crippen LogP) is 3.47. The molecule has 1 aromatic carbocycles. The van der Waals surface area contributed by atoms with Crippen molar-refractivity contribution in [2.24, 2.45) is 5.92 Å². The number of aromatic nitrogens is 5. The number of imidazole rings is 1. The number of rotatable bonds is 7. The Morgan fingerprint density at radius 1 is 1.02 bits per heavy atom. The van der Waals surface area contributed by atoms with Crippen LogP contribution in [0.5, 0.6) is 0 Å². The van der Waals surface area contributed by atoms with Crippen molar-refractivity contribution < 1.29 is 31.9 Å². The lowest BCUT2D eigenvalue weighted by Gasteiger charge is -2.37. The largest absolute Gasteiger partial charge is 0.435 e. The first-order chi connectivity index (χ1) is 23.4. The van der Waals surface area contributed by atoms with E-state index in [1.54, 1.807) is 17.0 Å². The smallest absolute Gasteiger partial charge is 0.397 e. The summed E-state index contributed by atoms with van der Waals surface area (Å²) in [6.45, 7) is 3.26. The van der Waals surface area contributed by atoms with E-state index in [4.69, 9.17) is 17.3 Å². The van der Waals surface area contributed by atoms with Gasteiger partial charge in [-0.25, -0.2) is 9.97 Å². The highest BCUT2D eigenvalue weighted by Crippen LogP contribution is 2.41. The zero-order valence-corrected chi connectivity index (χ0v) is 26.6. The fourth-order valence-electron chi connectivity index (χ4n) is 5.96. The van der Waals surface area contributed by atoms with Gasteiger partial charge in [-0.3, -0.25) is 19.5 Å². The van der Waals surface area contributed by atoms with Crippen LogP contribution in [0.2, 0.25) is 5.02 Å². The first kappa shape index (κ1) is 33.9. The second-order valence-corrected chi connectivity index (χ2v) is 12.1. The molecule has 0 bridgehead atoms. The minimum atomic E-state index is -4.91. The Hall–Kier alpha value is -5.03. The van der Waals surface area contributed by atoms with Gasteiger partial charge in [0.2, 0.25) is 11.9 Å². The summed E-state index contributed by atoms with van der Waals surface area (Å²) in [4.78, 5) is 52.4. The minimum Gasteiger partial charge on any atom is -0.397 e. The molecule has 18 heteroatoms. The van der Waals surface area contributed by atoms with Gasteiger partial charge in [-0.2, -0.15) is 22.7 Å². The van der Waals surface area contributed by atoms with Gasteiger partial charge in [-0.1, -0.05) is 17.7 Å². The molecule has 4 aromatic rings. The Labute approximate surface area is 281 Å². The van der Waals surface area contributed by atoms with Crippen molar-refractivity contribution in [3.63, 3.8) is 0 Å². The van der Waals surface area contributed by atoms with Crippen molar-refractivity contribution >= 4 is 35.0 Å². The molecular formula is C31H31ClF4N10O3. The van der Waals surface area contributed by atoms with Gasteiger partial charge in [0, 0.05) is 50.3 Å². The summed E-state index contributed by atoms with van der Waals surface area (Å²) in [5.74, 6) is -2.15. The number of aromatic amines is 2. The van der Waals surface area contributed by atoms with Crippen LogP contribution in [0.3, 0.4) is 0 Å². The average Bonchev–Trinajstić information content (AvgIpc) is 3.76. The molecule has 5 heterocycles. The van der Waals surface area contributed by atoms with Gasteiger partial charge in [0.25, 0.3) is 11.8 Å². The standard InChI is InChI=1S/C31H31ClF4N10O3/c32-20-11-16(1-2-18(20)30(49)46-9-7-45(8-10-46)29(48)17-3-5-38-6-4-17)13-41-28(47)27-40-15-22(42-27)24-25(43-44-26(24)31(34,35)36)19-12-23(33)39-14-21(19)37/h1-2,11-12,14-15,17,38H,3-10,13,37H2,(H,40,42)(H,41,47)(H,43,44). The summed E-state index contributed by atoms with van der Waals surface area (Å²) in [7, 11) is 0. The molecular weight excluding hydrogens is 672 g/mol. The van der Waals surface area contributed by atoms with Crippen LogP contribution in [-0.4, -0.2) is 91.9 Å². The molecule has 258 valence electrons. The summed E-state index contributed by atoms with van der Waals surface area (Å²) in [5.41, 5.74) is 4.14. The molecule has 2 fully saturated rings. The van der Waals surface area contributed by atoms with Crippen LogP contribution in [0.1, 0.15) is 45.1 Å². The molecule has 0 saturated carbocycles. The maximum atomic E-state index is 13.9. The second kappa shape index (κ2) is 13.8. The molecule has 2 aliphatic heterocycles. The monoisotopic (exact) mass is 702 g/mol. The molecule has 0 atom stereocenters.